The first-order valence-corrected chi connectivity index (χ1v) is 8.87. The highest BCUT2D eigenvalue weighted by atomic mass is 16.2. The molecule has 0 bridgehead atoms. The van der Waals surface area contributed by atoms with Crippen molar-refractivity contribution in [3.05, 3.63) is 72.2 Å². The van der Waals surface area contributed by atoms with Gasteiger partial charge in [-0.05, 0) is 36.3 Å². The molecule has 0 saturated heterocycles. The maximum absolute atomic E-state index is 12.3. The molecule has 0 unspecified atom stereocenters. The third-order valence-electron chi connectivity index (χ3n) is 4.60. The van der Waals surface area contributed by atoms with E-state index in [9.17, 15) is 9.59 Å². The standard InChI is InChI=1S/C21H19N5O2/c22-17(10-14-12-24-18-6-2-1-4-15(14)18)21(28)26-19(27)8-7-13-11-25-20-16(13)5-3-9-23-20/h1-9,11-12,17,24H,10,22H2,(H,23,25)(H,26,27,28)/b8-7+/t17-/m0/s1. The van der Waals surface area contributed by atoms with E-state index in [-0.39, 0.29) is 0 Å². The van der Waals surface area contributed by atoms with Crippen molar-refractivity contribution in [2.75, 3.05) is 0 Å². The summed E-state index contributed by atoms with van der Waals surface area (Å²) in [6, 6.07) is 10.7. The number of aromatic nitrogens is 3. The van der Waals surface area contributed by atoms with E-state index >= 15 is 0 Å². The van der Waals surface area contributed by atoms with Gasteiger partial charge in [-0.25, -0.2) is 4.98 Å². The second-order valence-electron chi connectivity index (χ2n) is 6.50. The zero-order valence-corrected chi connectivity index (χ0v) is 15.0. The smallest absolute Gasteiger partial charge is 0.250 e. The second-order valence-corrected chi connectivity index (χ2v) is 6.50. The molecular weight excluding hydrogens is 354 g/mol. The van der Waals surface area contributed by atoms with Crippen LogP contribution in [0.2, 0.25) is 0 Å². The molecule has 4 aromatic rings. The van der Waals surface area contributed by atoms with E-state index in [0.29, 0.717) is 6.42 Å². The topological polar surface area (TPSA) is 117 Å². The summed E-state index contributed by atoms with van der Waals surface area (Å²) >= 11 is 0. The van der Waals surface area contributed by atoms with Gasteiger partial charge >= 0.3 is 0 Å². The predicted molar refractivity (Wildman–Crippen MR) is 108 cm³/mol. The van der Waals surface area contributed by atoms with Crippen molar-refractivity contribution in [1.29, 1.82) is 0 Å². The van der Waals surface area contributed by atoms with E-state index in [0.717, 1.165) is 33.1 Å². The Bertz CT molecular complexity index is 1190. The summed E-state index contributed by atoms with van der Waals surface area (Å²) in [4.78, 5) is 34.7. The number of hydrogen-bond acceptors (Lipinski definition) is 4. The fourth-order valence-corrected chi connectivity index (χ4v) is 3.17. The lowest BCUT2D eigenvalue weighted by atomic mass is 10.1. The van der Waals surface area contributed by atoms with Crippen LogP contribution in [0.4, 0.5) is 0 Å². The van der Waals surface area contributed by atoms with E-state index in [1.54, 1.807) is 18.5 Å². The summed E-state index contributed by atoms with van der Waals surface area (Å²) in [6.07, 6.45) is 8.56. The monoisotopic (exact) mass is 373 g/mol. The first-order chi connectivity index (χ1) is 13.6. The van der Waals surface area contributed by atoms with Crippen LogP contribution in [0.15, 0.2) is 61.1 Å². The van der Waals surface area contributed by atoms with E-state index < -0.39 is 17.9 Å². The molecule has 4 rings (SSSR count). The van der Waals surface area contributed by atoms with Crippen LogP contribution in [-0.4, -0.2) is 32.8 Å². The van der Waals surface area contributed by atoms with Crippen LogP contribution >= 0.6 is 0 Å². The van der Waals surface area contributed by atoms with Crippen LogP contribution in [0.5, 0.6) is 0 Å². The molecular formula is C21H19N5O2. The fourth-order valence-electron chi connectivity index (χ4n) is 3.17. The Hall–Kier alpha value is -3.71. The van der Waals surface area contributed by atoms with Crippen molar-refractivity contribution in [2.45, 2.75) is 12.5 Å². The van der Waals surface area contributed by atoms with Crippen molar-refractivity contribution in [3.8, 4) is 0 Å². The number of rotatable bonds is 5. The van der Waals surface area contributed by atoms with Crippen LogP contribution in [0.25, 0.3) is 28.0 Å². The van der Waals surface area contributed by atoms with Crippen LogP contribution < -0.4 is 11.1 Å². The Balaban J connectivity index is 1.39. The van der Waals surface area contributed by atoms with E-state index in [1.807, 2.05) is 42.6 Å². The number of benzene rings is 1. The molecule has 0 aliphatic heterocycles. The Labute approximate surface area is 160 Å². The number of aromatic amines is 2. The van der Waals surface area contributed by atoms with Gasteiger partial charge in [-0.3, -0.25) is 14.9 Å². The second kappa shape index (κ2) is 7.50. The zero-order chi connectivity index (χ0) is 19.5. The summed E-state index contributed by atoms with van der Waals surface area (Å²) in [5.74, 6) is -1.03. The van der Waals surface area contributed by atoms with Gasteiger partial charge in [-0.1, -0.05) is 18.2 Å². The lowest BCUT2D eigenvalue weighted by molar-refractivity contribution is -0.128. The summed E-state index contributed by atoms with van der Waals surface area (Å²) in [5, 5.41) is 4.24. The molecule has 1 aromatic carbocycles. The number of amides is 2. The van der Waals surface area contributed by atoms with Gasteiger partial charge in [-0.15, -0.1) is 0 Å². The molecule has 0 spiro atoms. The van der Waals surface area contributed by atoms with Gasteiger partial charge in [0.2, 0.25) is 5.91 Å². The first kappa shape index (κ1) is 17.7. The molecule has 140 valence electrons. The molecule has 1 atom stereocenters. The van der Waals surface area contributed by atoms with Gasteiger partial charge in [0.25, 0.3) is 5.91 Å². The van der Waals surface area contributed by atoms with Crippen LogP contribution in [0, 0.1) is 0 Å². The van der Waals surface area contributed by atoms with Crippen molar-refractivity contribution in [1.82, 2.24) is 20.3 Å². The highest BCUT2D eigenvalue weighted by Crippen LogP contribution is 2.19. The fraction of sp³-hybridized carbons (Fsp3) is 0.0952. The molecule has 28 heavy (non-hydrogen) atoms. The number of pyridine rings is 1. The van der Waals surface area contributed by atoms with E-state index in [2.05, 4.69) is 20.3 Å². The normalized spacial score (nSPS) is 12.6. The first-order valence-electron chi connectivity index (χ1n) is 8.87. The number of carbonyl (C=O) groups is 2. The van der Waals surface area contributed by atoms with Gasteiger partial charge in [0.05, 0.1) is 6.04 Å². The molecule has 0 radical (unpaired) electrons. The van der Waals surface area contributed by atoms with Gasteiger partial charge in [0.1, 0.15) is 5.65 Å². The molecule has 0 saturated carbocycles. The Morgan fingerprint density at radius 3 is 2.82 bits per heavy atom. The maximum Gasteiger partial charge on any atom is 0.250 e. The lowest BCUT2D eigenvalue weighted by Crippen LogP contribution is -2.44. The highest BCUT2D eigenvalue weighted by Gasteiger charge is 2.17. The number of carbonyl (C=O) groups excluding carboxylic acids is 2. The SMILES string of the molecule is N[C@@H](Cc1c[nH]c2ccccc12)C(=O)NC(=O)/C=C/c1c[nH]c2ncccc12. The lowest BCUT2D eigenvalue weighted by Gasteiger charge is -2.10. The number of nitrogens with two attached hydrogens (primary N) is 1. The predicted octanol–water partition coefficient (Wildman–Crippen LogP) is 2.27. The number of fused-ring (bicyclic) bond motifs is 2. The average molecular weight is 373 g/mol. The molecule has 7 heteroatoms. The number of imide groups is 1. The molecule has 5 N–H and O–H groups in total. The minimum atomic E-state index is -0.825. The molecule has 2 amide bonds. The van der Waals surface area contributed by atoms with Crippen LogP contribution in [0.1, 0.15) is 11.1 Å². The van der Waals surface area contributed by atoms with Crippen LogP contribution in [-0.2, 0) is 16.0 Å². The minimum absolute atomic E-state index is 0.334. The average Bonchev–Trinajstić information content (AvgIpc) is 3.31. The highest BCUT2D eigenvalue weighted by molar-refractivity contribution is 6.05. The summed E-state index contributed by atoms with van der Waals surface area (Å²) in [6.45, 7) is 0. The number of H-pyrrole nitrogens is 2. The van der Waals surface area contributed by atoms with Gasteiger partial charge < -0.3 is 15.7 Å². The maximum atomic E-state index is 12.3. The Kier molecular flexibility index (Phi) is 4.74. The van der Waals surface area contributed by atoms with Crippen molar-refractivity contribution < 1.29 is 9.59 Å². The third-order valence-corrected chi connectivity index (χ3v) is 4.60. The summed E-state index contributed by atoms with van der Waals surface area (Å²) in [7, 11) is 0. The Morgan fingerprint density at radius 1 is 1.11 bits per heavy atom. The number of nitrogens with one attached hydrogen (secondary N) is 3. The molecule has 0 aliphatic carbocycles. The van der Waals surface area contributed by atoms with Crippen molar-refractivity contribution in [3.63, 3.8) is 0 Å². The number of para-hydroxylation sites is 1. The van der Waals surface area contributed by atoms with E-state index in [1.165, 1.54) is 6.08 Å². The summed E-state index contributed by atoms with van der Waals surface area (Å²) < 4.78 is 0. The van der Waals surface area contributed by atoms with Crippen LogP contribution in [0.3, 0.4) is 0 Å². The molecule has 3 aromatic heterocycles. The minimum Gasteiger partial charge on any atom is -0.361 e. The van der Waals surface area contributed by atoms with Crippen molar-refractivity contribution in [2.24, 2.45) is 5.73 Å². The molecule has 7 nitrogen and oxygen atoms in total. The Morgan fingerprint density at radius 2 is 1.93 bits per heavy atom. The number of hydrogen-bond donors (Lipinski definition) is 4. The molecule has 0 fully saturated rings. The molecule has 0 aliphatic rings. The van der Waals surface area contributed by atoms with Gasteiger partial charge in [0.15, 0.2) is 0 Å². The van der Waals surface area contributed by atoms with E-state index in [4.69, 9.17) is 5.73 Å². The zero-order valence-electron chi connectivity index (χ0n) is 15.0. The quantitative estimate of drug-likeness (QED) is 0.402. The third kappa shape index (κ3) is 3.56. The van der Waals surface area contributed by atoms with Crippen molar-refractivity contribution >= 4 is 39.8 Å². The molecule has 3 heterocycles. The van der Waals surface area contributed by atoms with Gasteiger partial charge in [0, 0.05) is 46.5 Å². The summed E-state index contributed by atoms with van der Waals surface area (Å²) in [5.41, 5.74) is 9.47. The largest absolute Gasteiger partial charge is 0.361 e. The van der Waals surface area contributed by atoms with Gasteiger partial charge in [-0.2, -0.15) is 0 Å². The number of nitrogens with zero attached hydrogens (tertiary/aromatic N) is 1.